The third-order valence-corrected chi connectivity index (χ3v) is 21.8. The number of nitriles is 2. The molecule has 25 heteroatoms. The van der Waals surface area contributed by atoms with Crippen molar-refractivity contribution in [2.75, 3.05) is 82.1 Å². The highest BCUT2D eigenvalue weighted by Crippen LogP contribution is 2.61. The summed E-state index contributed by atoms with van der Waals surface area (Å²) in [5.41, 5.74) is 11.5. The molecular weight excluding hydrogens is 1360 g/mol. The monoisotopic (exact) mass is 1450 g/mol. The number of phenolic OH excluding ortho intramolecular Hbond substituents is 1. The second kappa shape index (κ2) is 32.0. The van der Waals surface area contributed by atoms with Gasteiger partial charge in [-0.15, -0.1) is 0 Å². The first-order valence-corrected chi connectivity index (χ1v) is 35.3. The summed E-state index contributed by atoms with van der Waals surface area (Å²) in [6.07, 6.45) is 4.63. The van der Waals surface area contributed by atoms with Gasteiger partial charge in [-0.2, -0.15) is 10.5 Å². The number of phenols is 1. The van der Waals surface area contributed by atoms with Gasteiger partial charge in [0.2, 0.25) is 25.4 Å². The minimum atomic E-state index is -0.899. The van der Waals surface area contributed by atoms with Crippen LogP contribution in [0.1, 0.15) is 122 Å². The van der Waals surface area contributed by atoms with Crippen LogP contribution < -0.4 is 53.3 Å². The van der Waals surface area contributed by atoms with Gasteiger partial charge in [-0.05, 0) is 114 Å². The van der Waals surface area contributed by atoms with Crippen molar-refractivity contribution in [3.05, 3.63) is 176 Å². The van der Waals surface area contributed by atoms with Crippen LogP contribution in [0.15, 0.2) is 98.1 Å². The molecule has 106 heavy (non-hydrogen) atoms. The fraction of sp³-hybridized carbons (Fsp3) is 0.432. The van der Waals surface area contributed by atoms with Crippen LogP contribution in [-0.2, 0) is 62.3 Å². The molecule has 2 saturated heterocycles. The Labute approximate surface area is 617 Å². The number of rotatable bonds is 21. The van der Waals surface area contributed by atoms with Gasteiger partial charge in [0, 0.05) is 102 Å². The lowest BCUT2D eigenvalue weighted by Gasteiger charge is -2.60. The SMILES string of the molecule is C.C=CCOC(=O)Oc1c(C)c2c(c3c1CC1[C@H]4c5c(cc(C)c(OC)c5O)C[C@@H]([C@H](C#N)N1[C@H]3CNC(=O)CCc1ccccc1)N4C)OCO2.C=CCOC(=O)Oc1c(C)c2c(c3c1CC1[C@H]4c5c(cc(C)c(OC)c5OCOC)C[C@@H]([C@H](C#N)N1[C@H]3CNC(=O)CCc1ccccc1)N4C)OCO2. The van der Waals surface area contributed by atoms with Gasteiger partial charge in [0.05, 0.1) is 50.5 Å². The number of methoxy groups -OCH3 is 3. The lowest BCUT2D eigenvalue weighted by atomic mass is 9.71. The summed E-state index contributed by atoms with van der Waals surface area (Å²) >= 11 is 0. The summed E-state index contributed by atoms with van der Waals surface area (Å²) < 4.78 is 70.0. The quantitative estimate of drug-likeness (QED) is 0.0261. The molecule has 14 rings (SSSR count). The normalized spacial score (nSPS) is 22.3. The maximum atomic E-state index is 13.5. The number of hydrogen-bond acceptors (Lipinski definition) is 23. The zero-order valence-corrected chi connectivity index (χ0v) is 60.5. The van der Waals surface area contributed by atoms with Gasteiger partial charge in [-0.1, -0.05) is 106 Å². The van der Waals surface area contributed by atoms with Crippen LogP contribution in [0.25, 0.3) is 0 Å². The van der Waals surface area contributed by atoms with Gasteiger partial charge in [0.15, 0.2) is 52.8 Å². The standard InChI is InChI=1S/C41H46N4O9.C39H42N4O8.CH4/c1-7-15-50-41(47)54-37-24(3)38-40(53-22-52-38)34-27(37)18-29-35-33-26(16-23(2)36(49-6)39(33)51-21-48-5)17-28(44(35)4)30(19-42)45(29)31(34)20-43-32(46)14-13-25-11-9-8-10-12-25;1-6-14-48-39(46)51-36-22(3)37-38(50-20-49-37)32-25(36)17-27-33-31-24(15-21(2)35(47-5)34(31)45)16-26(42(33)4)28(18-40)43(27)29(32)19-41-30(44)13-12-23-10-8-7-9-11-23;/h7-12,16,28-31,35H,1,13-15,17-18,20-22H2,2-6H3,(H,43,46);6-11,15,26-29,33,45H,1,12-14,16-17,19-20H2,2-5H3,(H,41,44);1H4/t28-,29?,30-,31-,35-;26-,27?,28-,29-,33-;/m00./s1. The van der Waals surface area contributed by atoms with Crippen molar-refractivity contribution < 1.29 is 81.1 Å². The Balaban J connectivity index is 0.000000197. The Morgan fingerprint density at radius 2 is 1.00 bits per heavy atom. The molecule has 10 atom stereocenters. The second-order valence-electron chi connectivity index (χ2n) is 27.5. The third kappa shape index (κ3) is 13.7. The molecule has 0 radical (unpaired) electrons. The number of aryl methyl sites for hydroxylation is 4. The van der Waals surface area contributed by atoms with Crippen LogP contribution in [0, 0.1) is 50.4 Å². The highest BCUT2D eigenvalue weighted by molar-refractivity contribution is 5.78. The van der Waals surface area contributed by atoms with Crippen molar-refractivity contribution in [1.29, 1.82) is 10.5 Å². The van der Waals surface area contributed by atoms with Crippen LogP contribution in [0.4, 0.5) is 9.59 Å². The third-order valence-electron chi connectivity index (χ3n) is 21.8. The van der Waals surface area contributed by atoms with E-state index >= 15 is 0 Å². The predicted octanol–water partition coefficient (Wildman–Crippen LogP) is 10.8. The Bertz CT molecular complexity index is 4460. The number of likely N-dealkylation sites (N-methyl/N-ethyl adjacent to an activating group) is 2. The minimum absolute atomic E-state index is 0. The Morgan fingerprint density at radius 3 is 1.42 bits per heavy atom. The van der Waals surface area contributed by atoms with E-state index < -0.39 is 42.5 Å². The van der Waals surface area contributed by atoms with Crippen LogP contribution in [-0.4, -0.2) is 167 Å². The van der Waals surface area contributed by atoms with Crippen molar-refractivity contribution in [2.24, 2.45) is 0 Å². The molecule has 0 spiro atoms. The number of nitrogens with zero attached hydrogens (tertiary/aromatic N) is 6. The van der Waals surface area contributed by atoms with Gasteiger partial charge >= 0.3 is 12.3 Å². The van der Waals surface area contributed by atoms with Gasteiger partial charge in [-0.3, -0.25) is 29.2 Å². The van der Waals surface area contributed by atoms with Crippen LogP contribution in [0.5, 0.6) is 57.5 Å². The molecule has 0 saturated carbocycles. The average molecular weight is 1450 g/mol. The van der Waals surface area contributed by atoms with Gasteiger partial charge in [-0.25, -0.2) is 9.59 Å². The van der Waals surface area contributed by atoms with Gasteiger partial charge in [0.25, 0.3) is 0 Å². The Morgan fingerprint density at radius 1 is 0.575 bits per heavy atom. The molecular formula is C81H92N8O17. The highest BCUT2D eigenvalue weighted by Gasteiger charge is 2.59. The zero-order chi connectivity index (χ0) is 74.1. The molecule has 2 amide bonds. The number of ether oxygens (including phenoxy) is 12. The maximum Gasteiger partial charge on any atom is 0.514 e. The highest BCUT2D eigenvalue weighted by atomic mass is 16.7. The van der Waals surface area contributed by atoms with Crippen molar-refractivity contribution in [3.8, 4) is 69.6 Å². The Hall–Kier alpha value is -10.5. The van der Waals surface area contributed by atoms with E-state index in [0.717, 1.165) is 44.5 Å². The molecule has 3 N–H and O–H groups in total. The summed E-state index contributed by atoms with van der Waals surface area (Å²) in [6, 6.07) is 24.9. The van der Waals surface area contributed by atoms with E-state index in [1.54, 1.807) is 21.1 Å². The van der Waals surface area contributed by atoms with E-state index in [4.69, 9.17) is 56.8 Å². The molecule has 8 aliphatic rings. The number of carbonyl (C=O) groups is 4. The molecule has 0 aromatic heterocycles. The number of aromatic hydroxyl groups is 1. The van der Waals surface area contributed by atoms with Crippen molar-refractivity contribution >= 4 is 24.1 Å². The number of piperazine rings is 2. The molecule has 558 valence electrons. The van der Waals surface area contributed by atoms with Crippen LogP contribution >= 0.6 is 0 Å². The first-order chi connectivity index (χ1) is 50.9. The number of nitrogens with one attached hydrogen (secondary N) is 2. The fourth-order valence-corrected chi connectivity index (χ4v) is 17.5. The molecule has 4 bridgehead atoms. The molecule has 0 aliphatic carbocycles. The fourth-order valence-electron chi connectivity index (χ4n) is 17.5. The number of amides is 2. The van der Waals surface area contributed by atoms with E-state index in [2.05, 4.69) is 61.6 Å². The van der Waals surface area contributed by atoms with E-state index in [0.29, 0.717) is 118 Å². The van der Waals surface area contributed by atoms with E-state index in [1.165, 1.54) is 19.3 Å². The summed E-state index contributed by atoms with van der Waals surface area (Å²) in [5.74, 6) is 3.88. The molecule has 6 aromatic carbocycles. The van der Waals surface area contributed by atoms with Crippen molar-refractivity contribution in [1.82, 2.24) is 30.2 Å². The first-order valence-electron chi connectivity index (χ1n) is 35.3. The van der Waals surface area contributed by atoms with E-state index in [-0.39, 0.29) is 120 Å². The largest absolute Gasteiger partial charge is 0.514 e. The van der Waals surface area contributed by atoms with Gasteiger partial charge < -0.3 is 72.6 Å². The molecule has 2 fully saturated rings. The van der Waals surface area contributed by atoms with Crippen molar-refractivity contribution in [3.63, 3.8) is 0 Å². The number of hydrogen-bond donors (Lipinski definition) is 3. The Kier molecular flexibility index (Phi) is 22.7. The van der Waals surface area contributed by atoms with Gasteiger partial charge in [0.1, 0.15) is 36.8 Å². The average Bonchev–Trinajstić information content (AvgIpc) is 0.982. The maximum absolute atomic E-state index is 13.5. The minimum Gasteiger partial charge on any atom is -0.504 e. The summed E-state index contributed by atoms with van der Waals surface area (Å²) in [5, 5.41) is 40.1. The first kappa shape index (κ1) is 75.2. The zero-order valence-electron chi connectivity index (χ0n) is 60.5. The van der Waals surface area contributed by atoms with E-state index in [9.17, 15) is 34.8 Å². The van der Waals surface area contributed by atoms with Crippen LogP contribution in [0.3, 0.4) is 0 Å². The summed E-state index contributed by atoms with van der Waals surface area (Å²) in [6.45, 7) is 14.9. The summed E-state index contributed by atoms with van der Waals surface area (Å²) in [4.78, 5) is 61.9. The smallest absolute Gasteiger partial charge is 0.504 e. The lowest BCUT2D eigenvalue weighted by molar-refractivity contribution is -0.123. The topological polar surface area (TPSA) is 284 Å². The lowest BCUT2D eigenvalue weighted by Crippen LogP contribution is -2.68. The molecule has 25 nitrogen and oxygen atoms in total. The number of carbonyl (C=O) groups excluding carboxylic acids is 4. The van der Waals surface area contributed by atoms with E-state index in [1.807, 2.05) is 102 Å². The number of fused-ring (bicyclic) bond motifs is 18. The summed E-state index contributed by atoms with van der Waals surface area (Å²) in [7, 11) is 8.75. The second-order valence-corrected chi connectivity index (χ2v) is 27.5. The molecule has 8 aliphatic heterocycles. The van der Waals surface area contributed by atoms with Crippen LogP contribution in [0.2, 0.25) is 0 Å². The molecule has 8 heterocycles. The van der Waals surface area contributed by atoms with Crippen molar-refractivity contribution in [2.45, 2.75) is 147 Å². The molecule has 2 unspecified atom stereocenters. The predicted molar refractivity (Wildman–Crippen MR) is 390 cm³/mol. The molecule has 6 aromatic rings. The number of benzene rings is 6.